The number of methoxy groups -OCH3 is 1. The van der Waals surface area contributed by atoms with E-state index in [-0.39, 0.29) is 61.7 Å². The van der Waals surface area contributed by atoms with Crippen molar-refractivity contribution in [1.29, 1.82) is 0 Å². The monoisotopic (exact) mass is 926 g/mol. The number of Topliss-reactive ketones (excluding diaryl/α,β-unsaturated/α-hetero) is 1. The first-order valence-electron chi connectivity index (χ1n) is 23.0. The van der Waals surface area contributed by atoms with Crippen molar-refractivity contribution >= 4 is 56.3 Å². The van der Waals surface area contributed by atoms with Gasteiger partial charge in [-0.05, 0) is 45.9 Å². The van der Waals surface area contributed by atoms with E-state index in [1.807, 2.05) is 0 Å². The van der Waals surface area contributed by atoms with Gasteiger partial charge in [0, 0.05) is 73.1 Å². The number of hydrogen-bond donors (Lipinski definition) is 4. The third-order valence-electron chi connectivity index (χ3n) is 14.4. The number of quaternary nitrogens is 1. The van der Waals surface area contributed by atoms with Gasteiger partial charge in [-0.1, -0.05) is 45.9 Å². The predicted octanol–water partition coefficient (Wildman–Crippen LogP) is 7.00. The van der Waals surface area contributed by atoms with Crippen molar-refractivity contribution in [3.63, 3.8) is 0 Å². The molecule has 1 amide bonds. The van der Waals surface area contributed by atoms with E-state index in [4.69, 9.17) is 33.1 Å². The van der Waals surface area contributed by atoms with Gasteiger partial charge in [0.15, 0.2) is 22.3 Å². The summed E-state index contributed by atoms with van der Waals surface area (Å²) in [6.07, 6.45) is 3.78. The highest BCUT2D eigenvalue weighted by molar-refractivity contribution is 6.26. The number of aromatic nitrogens is 1. The third kappa shape index (κ3) is 9.41. The van der Waals surface area contributed by atoms with E-state index in [9.17, 15) is 34.5 Å². The molecule has 3 aliphatic heterocycles. The fourth-order valence-electron chi connectivity index (χ4n) is 9.63. The molecule has 3 aromatic carbocycles. The molecule has 4 heterocycles. The Bertz CT molecular complexity index is 2730. The van der Waals surface area contributed by atoms with Crippen LogP contribution >= 0.6 is 0 Å². The molecule has 16 heteroatoms. The Balaban J connectivity index is 1.37. The fraction of sp³-hybridized carbons (Fsp3) is 0.510. The maximum atomic E-state index is 14.5. The number of aliphatic hydroxyl groups excluding tert-OH is 2. The summed E-state index contributed by atoms with van der Waals surface area (Å²) in [5.74, 6) is -4.59. The van der Waals surface area contributed by atoms with Gasteiger partial charge in [0.25, 0.3) is 5.91 Å². The van der Waals surface area contributed by atoms with Gasteiger partial charge in [0.1, 0.15) is 40.4 Å². The topological polar surface area (TPSA) is 213 Å². The van der Waals surface area contributed by atoms with Gasteiger partial charge in [0.2, 0.25) is 5.78 Å². The van der Waals surface area contributed by atoms with Crippen LogP contribution in [0.5, 0.6) is 17.2 Å². The summed E-state index contributed by atoms with van der Waals surface area (Å²) in [5, 5.41) is 37.5. The first kappa shape index (κ1) is 49.1. The van der Waals surface area contributed by atoms with Crippen molar-refractivity contribution in [3.8, 4) is 17.2 Å². The number of rotatable bonds is 5. The number of benzene rings is 3. The Morgan fingerprint density at radius 1 is 0.970 bits per heavy atom. The highest BCUT2D eigenvalue weighted by atomic mass is 16.7. The maximum Gasteiger partial charge on any atom is 0.304 e. The molecule has 1 aromatic heterocycles. The molecule has 7 rings (SSSR count). The van der Waals surface area contributed by atoms with Crippen LogP contribution in [0, 0.1) is 30.6 Å². The maximum absolute atomic E-state index is 14.5. The normalized spacial score (nSPS) is 31.6. The number of hydrogen-bond acceptors (Lipinski definition) is 14. The molecule has 0 radical (unpaired) electrons. The number of ketones is 1. The van der Waals surface area contributed by atoms with Crippen molar-refractivity contribution in [2.24, 2.45) is 23.7 Å². The molecule has 4 aromatic rings. The summed E-state index contributed by atoms with van der Waals surface area (Å²) in [7, 11) is 3.71. The zero-order valence-electron chi connectivity index (χ0n) is 40.1. The van der Waals surface area contributed by atoms with Gasteiger partial charge in [0.05, 0.1) is 61.7 Å². The number of carbonyl (C=O) groups is 3. The lowest BCUT2D eigenvalue weighted by Gasteiger charge is -2.43. The number of aromatic hydroxyl groups is 1. The molecule has 4 N–H and O–H groups in total. The van der Waals surface area contributed by atoms with E-state index in [1.165, 1.54) is 39.4 Å². The average Bonchev–Trinajstić information content (AvgIpc) is 3.63. The van der Waals surface area contributed by atoms with Crippen LogP contribution in [-0.4, -0.2) is 113 Å². The summed E-state index contributed by atoms with van der Waals surface area (Å²) in [6.45, 7) is 17.6. The summed E-state index contributed by atoms with van der Waals surface area (Å²) in [6, 6.07) is 5.67. The highest BCUT2D eigenvalue weighted by Crippen LogP contribution is 2.47. The van der Waals surface area contributed by atoms with E-state index >= 15 is 0 Å². The molecule has 3 aliphatic rings. The highest BCUT2D eigenvalue weighted by Gasteiger charge is 2.42. The van der Waals surface area contributed by atoms with Crippen LogP contribution in [0.3, 0.4) is 0 Å². The predicted molar refractivity (Wildman–Crippen MR) is 252 cm³/mol. The summed E-state index contributed by atoms with van der Waals surface area (Å²) < 4.78 is 37.5. The van der Waals surface area contributed by atoms with Crippen LogP contribution in [0.2, 0.25) is 0 Å². The van der Waals surface area contributed by atoms with E-state index in [1.54, 1.807) is 65.0 Å². The first-order valence-corrected chi connectivity index (χ1v) is 23.0. The molecule has 0 spiro atoms. The number of amides is 1. The Morgan fingerprint density at radius 3 is 2.33 bits per heavy atom. The number of aliphatic hydroxyl groups is 2. The van der Waals surface area contributed by atoms with Crippen LogP contribution in [0.15, 0.2) is 63.6 Å². The number of ether oxygens (including phenoxy) is 5. The number of fused-ring (bicyclic) bond motifs is 2. The van der Waals surface area contributed by atoms with Gasteiger partial charge < -0.3 is 53.2 Å². The minimum absolute atomic E-state index is 0.00205. The average molecular weight is 927 g/mol. The number of allylic oxidation sites excluding steroid dienone is 2. The number of piperidine rings is 1. The van der Waals surface area contributed by atoms with Crippen molar-refractivity contribution in [2.75, 3.05) is 32.6 Å². The number of phenols is 1. The Labute approximate surface area is 389 Å². The molecule has 360 valence electrons. The molecule has 0 aliphatic carbocycles. The van der Waals surface area contributed by atoms with E-state index in [0.717, 1.165) is 30.4 Å². The second kappa shape index (κ2) is 19.4. The smallest absolute Gasteiger partial charge is 0.304 e. The van der Waals surface area contributed by atoms with Crippen molar-refractivity contribution in [2.45, 2.75) is 118 Å². The summed E-state index contributed by atoms with van der Waals surface area (Å²) >= 11 is 0. The van der Waals surface area contributed by atoms with Crippen LogP contribution in [0.25, 0.3) is 33.0 Å². The Kier molecular flexibility index (Phi) is 14.2. The van der Waals surface area contributed by atoms with Gasteiger partial charge in [-0.15, -0.1) is 0 Å². The molecule has 1 saturated heterocycles. The molecule has 0 unspecified atom stereocenters. The molecular formula is C51H64N3O13+. The van der Waals surface area contributed by atoms with Gasteiger partial charge >= 0.3 is 12.3 Å². The Hall–Kier alpha value is -5.81. The minimum atomic E-state index is -1.59. The number of carbonyl (C=O) groups excluding carboxylic acids is 3. The number of esters is 1. The first-order chi connectivity index (χ1) is 31.7. The van der Waals surface area contributed by atoms with Crippen LogP contribution in [0.4, 0.5) is 5.69 Å². The minimum Gasteiger partial charge on any atom is -0.505 e. The number of phenolic OH excluding ortho intramolecular Hbond substituents is 1. The summed E-state index contributed by atoms with van der Waals surface area (Å²) in [4.78, 5) is 60.1. The van der Waals surface area contributed by atoms with E-state index in [2.05, 4.69) is 26.2 Å². The molecule has 0 saturated carbocycles. The van der Waals surface area contributed by atoms with E-state index in [0.29, 0.717) is 17.3 Å². The van der Waals surface area contributed by atoms with Crippen molar-refractivity contribution in [1.82, 2.24) is 4.98 Å². The largest absolute Gasteiger partial charge is 0.505 e. The molecule has 9 atom stereocenters. The fourth-order valence-corrected chi connectivity index (χ4v) is 9.63. The molecule has 16 nitrogen and oxygen atoms in total. The third-order valence-corrected chi connectivity index (χ3v) is 14.4. The van der Waals surface area contributed by atoms with Crippen molar-refractivity contribution < 1.29 is 62.3 Å². The summed E-state index contributed by atoms with van der Waals surface area (Å²) in [5.41, 5.74) is -0.350. The molecular weight excluding hydrogens is 863 g/mol. The van der Waals surface area contributed by atoms with Crippen LogP contribution in [-0.2, 0) is 23.8 Å². The lowest BCUT2D eigenvalue weighted by Crippen LogP contribution is -2.55. The molecule has 4 bridgehead atoms. The second-order valence-corrected chi connectivity index (χ2v) is 19.1. The lowest BCUT2D eigenvalue weighted by atomic mass is 9.78. The molecule has 67 heavy (non-hydrogen) atoms. The van der Waals surface area contributed by atoms with Gasteiger partial charge in [-0.2, -0.15) is 0 Å². The second-order valence-electron chi connectivity index (χ2n) is 19.1. The SMILES string of the molecule is CO[C@H]1/C=C/O[C@H]2Oc3c(C)c(=O)c4c(O)c(c5oc6cc(OC7CC[N+](C)(C(C)C)CC7)ccc6nc5c4c3C2=O)NC(=O)/C(C)=C\C=C\[C@H](C)[C@H](O)[C@@H](C)[C@@H](O)[C@@H](C)[C@H](OC(C)=O)[C@@H]1C. The number of nitrogens with one attached hydrogen (secondary N) is 1. The zero-order chi connectivity index (χ0) is 48.8. The zero-order valence-corrected chi connectivity index (χ0v) is 40.1. The Morgan fingerprint density at radius 2 is 1.67 bits per heavy atom. The van der Waals surface area contributed by atoms with Crippen LogP contribution in [0.1, 0.15) is 84.2 Å². The van der Waals surface area contributed by atoms with Crippen LogP contribution < -0.4 is 20.2 Å². The molecule has 1 fully saturated rings. The van der Waals surface area contributed by atoms with Gasteiger partial charge in [-0.25, -0.2) is 4.98 Å². The standard InChI is InChI=1S/C51H63N3O13/c1-24(2)54(10)20-17-32(18-21-54)65-33-15-16-34-36(23-33)66-49-40(52-34)37-38-44(58)30(8)48-39(37)46(60)51(67-48)63-22-19-35(62-11)27(5)47(64-31(9)55)29(7)43(57)28(6)42(56)25(3)13-12-14-26(4)50(61)53-41(49)45(38)59/h12-16,19,22-25,27-29,32,35,42-43,47,51,56-57H,17-18,20-21H2,1-11H3,(H-,52,53,58,59,60,61)/p+1/b13-12+,22-19+,26-14-/t25-,27+,28+,29+,32?,35-,42-,43+,47+,51-,54?/m0/s1. The van der Waals surface area contributed by atoms with Crippen molar-refractivity contribution in [3.05, 3.63) is 75.7 Å². The van der Waals surface area contributed by atoms with Gasteiger partial charge in [-0.3, -0.25) is 19.2 Å². The lowest BCUT2D eigenvalue weighted by molar-refractivity contribution is -0.934. The van der Waals surface area contributed by atoms with E-state index < -0.39 is 83.2 Å². The number of anilines is 1. The number of nitrogens with zero attached hydrogens (tertiary/aromatic N) is 2. The number of likely N-dealkylation sites (tertiary alicyclic amines) is 1. The quantitative estimate of drug-likeness (QED) is 0.0522.